The fourth-order valence-corrected chi connectivity index (χ4v) is 2.74. The first-order valence-corrected chi connectivity index (χ1v) is 7.30. The summed E-state index contributed by atoms with van der Waals surface area (Å²) in [6.07, 6.45) is -4.32. The maximum absolute atomic E-state index is 12.8. The third-order valence-corrected chi connectivity index (χ3v) is 4.09. The molecule has 0 aliphatic carbocycles. The van der Waals surface area contributed by atoms with Crippen LogP contribution in [-0.4, -0.2) is 6.29 Å². The zero-order valence-corrected chi connectivity index (χ0v) is 12.2. The van der Waals surface area contributed by atoms with Gasteiger partial charge in [-0.3, -0.25) is 4.79 Å². The lowest BCUT2D eigenvalue weighted by atomic mass is 10.1. The molecule has 0 aliphatic heterocycles. The molecule has 0 unspecified atom stereocenters. The number of carbonyl (C=O) groups excluding carboxylic acids is 1. The molecule has 0 saturated carbocycles. The topological polar surface area (TPSA) is 17.1 Å². The van der Waals surface area contributed by atoms with E-state index in [0.717, 1.165) is 11.6 Å². The highest BCUT2D eigenvalue weighted by atomic mass is 35.5. The first-order valence-electron chi connectivity index (χ1n) is 5.94. The lowest BCUT2D eigenvalue weighted by Crippen LogP contribution is -2.08. The van der Waals surface area contributed by atoms with Crippen LogP contribution in [-0.2, 0) is 11.9 Å². The Balaban J connectivity index is 2.17. The first-order chi connectivity index (χ1) is 9.90. The Morgan fingerprint density at radius 1 is 1.10 bits per heavy atom. The highest BCUT2D eigenvalue weighted by Gasteiger charge is 2.33. The van der Waals surface area contributed by atoms with E-state index in [1.807, 2.05) is 12.1 Å². The molecule has 0 aliphatic rings. The van der Waals surface area contributed by atoms with Crippen molar-refractivity contribution < 1.29 is 18.0 Å². The van der Waals surface area contributed by atoms with E-state index in [1.54, 1.807) is 12.1 Å². The summed E-state index contributed by atoms with van der Waals surface area (Å²) < 4.78 is 38.5. The monoisotopic (exact) mass is 330 g/mol. The van der Waals surface area contributed by atoms with Crippen molar-refractivity contribution in [3.63, 3.8) is 0 Å². The minimum atomic E-state index is -4.53. The van der Waals surface area contributed by atoms with Crippen LogP contribution in [0.3, 0.4) is 0 Å². The summed E-state index contributed by atoms with van der Waals surface area (Å²) in [7, 11) is 0. The number of thioether (sulfide) groups is 1. The van der Waals surface area contributed by atoms with Crippen LogP contribution in [0.15, 0.2) is 47.4 Å². The van der Waals surface area contributed by atoms with Gasteiger partial charge in [0.05, 0.1) is 5.56 Å². The average Bonchev–Trinajstić information content (AvgIpc) is 2.45. The molecule has 1 nitrogen and oxygen atoms in total. The van der Waals surface area contributed by atoms with Gasteiger partial charge in [0.25, 0.3) is 0 Å². The summed E-state index contributed by atoms with van der Waals surface area (Å²) >= 11 is 7.04. The van der Waals surface area contributed by atoms with Crippen LogP contribution in [0.5, 0.6) is 0 Å². The minimum absolute atomic E-state index is 0.219. The van der Waals surface area contributed by atoms with E-state index >= 15 is 0 Å². The van der Waals surface area contributed by atoms with Gasteiger partial charge in [-0.05, 0) is 35.9 Å². The molecule has 2 rings (SSSR count). The predicted octanol–water partition coefficient (Wildman–Crippen LogP) is 5.46. The summed E-state index contributed by atoms with van der Waals surface area (Å²) in [5.74, 6) is 0.523. The van der Waals surface area contributed by atoms with Crippen LogP contribution in [0.4, 0.5) is 13.2 Å². The normalized spacial score (nSPS) is 11.4. The molecule has 0 saturated heterocycles. The van der Waals surface area contributed by atoms with E-state index in [-0.39, 0.29) is 11.8 Å². The molecule has 6 heteroatoms. The van der Waals surface area contributed by atoms with Crippen molar-refractivity contribution in [3.05, 3.63) is 64.2 Å². The number of hydrogen-bond acceptors (Lipinski definition) is 2. The van der Waals surface area contributed by atoms with Gasteiger partial charge < -0.3 is 0 Å². The Hall–Kier alpha value is -1.46. The van der Waals surface area contributed by atoms with Crippen LogP contribution >= 0.6 is 23.4 Å². The molecule has 110 valence electrons. The third kappa shape index (κ3) is 4.25. The van der Waals surface area contributed by atoms with Crippen LogP contribution in [0.25, 0.3) is 0 Å². The van der Waals surface area contributed by atoms with E-state index in [9.17, 15) is 18.0 Å². The molecule has 0 atom stereocenters. The molecular formula is C15H10ClF3OS. The second-order valence-electron chi connectivity index (χ2n) is 4.28. The lowest BCUT2D eigenvalue weighted by molar-refractivity contribution is -0.138. The standard InChI is InChI=1S/C15H10ClF3OS/c16-12-4-1-10(2-5-12)9-21-13-6-3-11(8-20)14(7-13)15(17,18)19/h1-8H,9H2. The first kappa shape index (κ1) is 15.9. The van der Waals surface area contributed by atoms with Crippen molar-refractivity contribution in [1.29, 1.82) is 0 Å². The van der Waals surface area contributed by atoms with E-state index in [1.165, 1.54) is 23.9 Å². The van der Waals surface area contributed by atoms with Crippen molar-refractivity contribution in [2.24, 2.45) is 0 Å². The number of carbonyl (C=O) groups is 1. The number of hydrogen-bond donors (Lipinski definition) is 0. The lowest BCUT2D eigenvalue weighted by Gasteiger charge is -2.11. The van der Waals surface area contributed by atoms with E-state index < -0.39 is 11.7 Å². The van der Waals surface area contributed by atoms with Gasteiger partial charge in [0, 0.05) is 21.2 Å². The van der Waals surface area contributed by atoms with E-state index in [4.69, 9.17) is 11.6 Å². The van der Waals surface area contributed by atoms with Gasteiger partial charge in [-0.15, -0.1) is 11.8 Å². The molecular weight excluding hydrogens is 321 g/mol. The Morgan fingerprint density at radius 2 is 1.76 bits per heavy atom. The second kappa shape index (κ2) is 6.54. The maximum Gasteiger partial charge on any atom is 0.417 e. The number of alkyl halides is 3. The number of benzene rings is 2. The van der Waals surface area contributed by atoms with Crippen LogP contribution in [0.1, 0.15) is 21.5 Å². The van der Waals surface area contributed by atoms with Crippen LogP contribution in [0, 0.1) is 0 Å². The molecule has 0 bridgehead atoms. The Kier molecular flexibility index (Phi) is 4.96. The van der Waals surface area contributed by atoms with E-state index in [2.05, 4.69) is 0 Å². The number of aldehydes is 1. The summed E-state index contributed by atoms with van der Waals surface area (Å²) in [4.78, 5) is 11.1. The van der Waals surface area contributed by atoms with Gasteiger partial charge in [-0.1, -0.05) is 23.7 Å². The fourth-order valence-electron chi connectivity index (χ4n) is 1.72. The summed E-state index contributed by atoms with van der Waals surface area (Å²) in [6.45, 7) is 0. The van der Waals surface area contributed by atoms with Crippen LogP contribution < -0.4 is 0 Å². The molecule has 0 radical (unpaired) electrons. The maximum atomic E-state index is 12.8. The molecule has 0 spiro atoms. The average molecular weight is 331 g/mol. The summed E-state index contributed by atoms with van der Waals surface area (Å²) in [6, 6.07) is 10.8. The van der Waals surface area contributed by atoms with Gasteiger partial charge in [-0.2, -0.15) is 13.2 Å². The second-order valence-corrected chi connectivity index (χ2v) is 5.76. The molecule has 0 N–H and O–H groups in total. The molecule has 0 heterocycles. The Morgan fingerprint density at radius 3 is 2.33 bits per heavy atom. The smallest absolute Gasteiger partial charge is 0.298 e. The fraction of sp³-hybridized carbons (Fsp3) is 0.133. The molecule has 0 fully saturated rings. The van der Waals surface area contributed by atoms with Crippen molar-refractivity contribution in [2.45, 2.75) is 16.8 Å². The van der Waals surface area contributed by atoms with Gasteiger partial charge >= 0.3 is 6.18 Å². The highest BCUT2D eigenvalue weighted by molar-refractivity contribution is 7.98. The van der Waals surface area contributed by atoms with Crippen LogP contribution in [0.2, 0.25) is 5.02 Å². The zero-order valence-electron chi connectivity index (χ0n) is 10.7. The number of rotatable bonds is 4. The quantitative estimate of drug-likeness (QED) is 0.546. The van der Waals surface area contributed by atoms with Gasteiger partial charge in [0.2, 0.25) is 0 Å². The third-order valence-electron chi connectivity index (χ3n) is 2.78. The van der Waals surface area contributed by atoms with Gasteiger partial charge in [0.1, 0.15) is 0 Å². The molecule has 0 amide bonds. The van der Waals surface area contributed by atoms with Crippen molar-refractivity contribution >= 4 is 29.6 Å². The van der Waals surface area contributed by atoms with Gasteiger partial charge in [0.15, 0.2) is 6.29 Å². The Bertz CT molecular complexity index is 638. The van der Waals surface area contributed by atoms with E-state index in [0.29, 0.717) is 15.7 Å². The molecule has 2 aromatic rings. The Labute approximate surface area is 129 Å². The largest absolute Gasteiger partial charge is 0.417 e. The van der Waals surface area contributed by atoms with Crippen molar-refractivity contribution in [1.82, 2.24) is 0 Å². The highest BCUT2D eigenvalue weighted by Crippen LogP contribution is 2.35. The minimum Gasteiger partial charge on any atom is -0.298 e. The van der Waals surface area contributed by atoms with Crippen molar-refractivity contribution in [2.75, 3.05) is 0 Å². The SMILES string of the molecule is O=Cc1ccc(SCc2ccc(Cl)cc2)cc1C(F)(F)F. The van der Waals surface area contributed by atoms with Gasteiger partial charge in [-0.25, -0.2) is 0 Å². The number of halogens is 4. The summed E-state index contributed by atoms with van der Waals surface area (Å²) in [5.41, 5.74) is -0.297. The molecule has 0 aromatic heterocycles. The zero-order chi connectivity index (χ0) is 15.5. The van der Waals surface area contributed by atoms with Crippen molar-refractivity contribution in [3.8, 4) is 0 Å². The molecule has 2 aromatic carbocycles. The molecule has 21 heavy (non-hydrogen) atoms. The summed E-state index contributed by atoms with van der Waals surface area (Å²) in [5, 5.41) is 0.610. The predicted molar refractivity (Wildman–Crippen MR) is 77.8 cm³/mol.